The van der Waals surface area contributed by atoms with Crippen molar-refractivity contribution in [3.8, 4) is 0 Å². The number of nitrogens with one attached hydrogen (secondary N) is 1. The fourth-order valence-corrected chi connectivity index (χ4v) is 3.96. The lowest BCUT2D eigenvalue weighted by Gasteiger charge is -2.36. The van der Waals surface area contributed by atoms with Crippen LogP contribution in [0.15, 0.2) is 48.7 Å². The summed E-state index contributed by atoms with van der Waals surface area (Å²) in [5.74, 6) is 0.497. The van der Waals surface area contributed by atoms with E-state index in [2.05, 4.69) is 25.1 Å². The lowest BCUT2D eigenvalue weighted by atomic mass is 10.1. The van der Waals surface area contributed by atoms with E-state index in [-0.39, 0.29) is 17.8 Å². The molecule has 1 amide bonds. The molecule has 0 spiro atoms. The first-order valence-corrected chi connectivity index (χ1v) is 10.3. The van der Waals surface area contributed by atoms with Gasteiger partial charge in [0.1, 0.15) is 11.6 Å². The Morgan fingerprint density at radius 2 is 1.97 bits per heavy atom. The molecule has 3 aromatic rings. The van der Waals surface area contributed by atoms with Gasteiger partial charge < -0.3 is 10.2 Å². The summed E-state index contributed by atoms with van der Waals surface area (Å²) in [5.41, 5.74) is 1.72. The molecule has 0 aliphatic carbocycles. The minimum Gasteiger partial charge on any atom is -0.354 e. The van der Waals surface area contributed by atoms with E-state index in [9.17, 15) is 9.18 Å². The Labute approximate surface area is 175 Å². The molecule has 156 valence electrons. The number of pyridine rings is 2. The molecule has 2 aromatic heterocycles. The number of halogens is 1. The number of carbonyl (C=O) groups is 1. The lowest BCUT2D eigenvalue weighted by Crippen LogP contribution is -2.51. The van der Waals surface area contributed by atoms with Crippen molar-refractivity contribution in [1.82, 2.24) is 20.2 Å². The molecule has 6 nitrogen and oxygen atoms in total. The topological polar surface area (TPSA) is 61.4 Å². The third-order valence-electron chi connectivity index (χ3n) is 5.40. The molecule has 1 aliphatic rings. The molecule has 0 bridgehead atoms. The predicted molar refractivity (Wildman–Crippen MR) is 116 cm³/mol. The number of hydrogen-bond acceptors (Lipinski definition) is 5. The van der Waals surface area contributed by atoms with Gasteiger partial charge in [-0.3, -0.25) is 14.7 Å². The van der Waals surface area contributed by atoms with Gasteiger partial charge in [0.15, 0.2) is 0 Å². The Morgan fingerprint density at radius 3 is 2.70 bits per heavy atom. The lowest BCUT2D eigenvalue weighted by molar-refractivity contribution is 0.0929. The fourth-order valence-electron chi connectivity index (χ4n) is 3.96. The minimum atomic E-state index is -0.356. The van der Waals surface area contributed by atoms with Crippen molar-refractivity contribution < 1.29 is 9.18 Å². The van der Waals surface area contributed by atoms with Gasteiger partial charge in [0.2, 0.25) is 0 Å². The number of anilines is 1. The van der Waals surface area contributed by atoms with Crippen molar-refractivity contribution in [2.24, 2.45) is 0 Å². The quantitative estimate of drug-likeness (QED) is 0.705. The highest BCUT2D eigenvalue weighted by atomic mass is 19.1. The van der Waals surface area contributed by atoms with Crippen LogP contribution >= 0.6 is 0 Å². The van der Waals surface area contributed by atoms with Crippen LogP contribution in [0.2, 0.25) is 0 Å². The van der Waals surface area contributed by atoms with Gasteiger partial charge in [-0.1, -0.05) is 6.07 Å². The van der Waals surface area contributed by atoms with Gasteiger partial charge in [0.05, 0.1) is 11.1 Å². The van der Waals surface area contributed by atoms with Crippen LogP contribution in [0.4, 0.5) is 10.2 Å². The molecular formula is C23H26FN5O. The summed E-state index contributed by atoms with van der Waals surface area (Å²) in [5, 5.41) is 3.75. The number of rotatable bonds is 5. The summed E-state index contributed by atoms with van der Waals surface area (Å²) < 4.78 is 13.6. The number of benzene rings is 1. The zero-order valence-electron chi connectivity index (χ0n) is 17.3. The van der Waals surface area contributed by atoms with E-state index in [0.29, 0.717) is 22.2 Å². The normalized spacial score (nSPS) is 15.9. The van der Waals surface area contributed by atoms with Crippen LogP contribution in [0.3, 0.4) is 0 Å². The van der Waals surface area contributed by atoms with Crippen LogP contribution in [-0.4, -0.2) is 59.5 Å². The first-order chi connectivity index (χ1) is 14.5. The number of amides is 1. The molecule has 4 rings (SSSR count). The third-order valence-corrected chi connectivity index (χ3v) is 5.40. The highest BCUT2D eigenvalue weighted by Gasteiger charge is 2.21. The highest BCUT2D eigenvalue weighted by Crippen LogP contribution is 2.20. The van der Waals surface area contributed by atoms with Gasteiger partial charge in [-0.25, -0.2) is 9.37 Å². The first kappa shape index (κ1) is 20.2. The van der Waals surface area contributed by atoms with E-state index in [4.69, 9.17) is 0 Å². The second-order valence-corrected chi connectivity index (χ2v) is 7.82. The van der Waals surface area contributed by atoms with Gasteiger partial charge in [0, 0.05) is 62.1 Å². The SMILES string of the molecule is Cc1cc(C(=O)NC(C)CN2CCN(c3ccccn3)CC2)c2ccc(F)cc2n1. The van der Waals surface area contributed by atoms with E-state index in [1.54, 1.807) is 12.1 Å². The number of hydrogen-bond donors (Lipinski definition) is 1. The maximum absolute atomic E-state index is 13.6. The van der Waals surface area contributed by atoms with E-state index in [1.807, 2.05) is 38.2 Å². The van der Waals surface area contributed by atoms with E-state index < -0.39 is 0 Å². The number of aromatic nitrogens is 2. The van der Waals surface area contributed by atoms with Crippen molar-refractivity contribution >= 4 is 22.6 Å². The zero-order valence-corrected chi connectivity index (χ0v) is 17.3. The summed E-state index contributed by atoms with van der Waals surface area (Å²) in [6, 6.07) is 12.1. The molecular weight excluding hydrogens is 381 g/mol. The second kappa shape index (κ2) is 8.75. The van der Waals surface area contributed by atoms with Gasteiger partial charge in [-0.15, -0.1) is 0 Å². The van der Waals surface area contributed by atoms with Crippen molar-refractivity contribution in [1.29, 1.82) is 0 Å². The van der Waals surface area contributed by atoms with E-state index in [0.717, 1.165) is 38.5 Å². The monoisotopic (exact) mass is 407 g/mol. The van der Waals surface area contributed by atoms with Crippen LogP contribution in [0.25, 0.3) is 10.9 Å². The van der Waals surface area contributed by atoms with Gasteiger partial charge >= 0.3 is 0 Å². The Morgan fingerprint density at radius 1 is 1.17 bits per heavy atom. The van der Waals surface area contributed by atoms with E-state index >= 15 is 0 Å². The standard InChI is InChI=1S/C23H26FN5O/c1-16-13-20(19-7-6-18(24)14-21(19)26-16)23(30)27-17(2)15-28-9-11-29(12-10-28)22-5-3-4-8-25-22/h3-8,13-14,17H,9-12,15H2,1-2H3,(H,27,30). The molecule has 3 heterocycles. The Kier molecular flexibility index (Phi) is 5.90. The van der Waals surface area contributed by atoms with Gasteiger partial charge in [0.25, 0.3) is 5.91 Å². The Hall–Kier alpha value is -3.06. The van der Waals surface area contributed by atoms with Crippen molar-refractivity contribution in [2.45, 2.75) is 19.9 Å². The second-order valence-electron chi connectivity index (χ2n) is 7.82. The average molecular weight is 407 g/mol. The number of aryl methyl sites for hydroxylation is 1. The molecule has 1 N–H and O–H groups in total. The molecule has 1 aromatic carbocycles. The van der Waals surface area contributed by atoms with Gasteiger partial charge in [-0.2, -0.15) is 0 Å². The largest absolute Gasteiger partial charge is 0.354 e. The van der Waals surface area contributed by atoms with Crippen molar-refractivity contribution in [2.75, 3.05) is 37.6 Å². The highest BCUT2D eigenvalue weighted by molar-refractivity contribution is 6.06. The zero-order chi connectivity index (χ0) is 21.1. The average Bonchev–Trinajstić information content (AvgIpc) is 2.74. The van der Waals surface area contributed by atoms with Crippen LogP contribution in [0.1, 0.15) is 23.0 Å². The number of carbonyl (C=O) groups excluding carboxylic acids is 1. The van der Waals surface area contributed by atoms with Crippen LogP contribution < -0.4 is 10.2 Å². The van der Waals surface area contributed by atoms with E-state index in [1.165, 1.54) is 12.1 Å². The first-order valence-electron chi connectivity index (χ1n) is 10.3. The van der Waals surface area contributed by atoms with Crippen molar-refractivity contribution in [3.63, 3.8) is 0 Å². The Balaban J connectivity index is 1.36. The summed E-state index contributed by atoms with van der Waals surface area (Å²) in [6.07, 6.45) is 1.82. The third kappa shape index (κ3) is 4.57. The number of nitrogens with zero attached hydrogens (tertiary/aromatic N) is 4. The fraction of sp³-hybridized carbons (Fsp3) is 0.348. The van der Waals surface area contributed by atoms with Gasteiger partial charge in [-0.05, 0) is 44.2 Å². The minimum absolute atomic E-state index is 0.0112. The summed E-state index contributed by atoms with van der Waals surface area (Å²) >= 11 is 0. The number of piperazine rings is 1. The summed E-state index contributed by atoms with van der Waals surface area (Å²) in [6.45, 7) is 8.28. The Bertz CT molecular complexity index is 1030. The smallest absolute Gasteiger partial charge is 0.252 e. The molecule has 1 atom stereocenters. The maximum Gasteiger partial charge on any atom is 0.252 e. The number of fused-ring (bicyclic) bond motifs is 1. The molecule has 1 unspecified atom stereocenters. The molecule has 7 heteroatoms. The predicted octanol–water partition coefficient (Wildman–Crippen LogP) is 3.02. The summed E-state index contributed by atoms with van der Waals surface area (Å²) in [7, 11) is 0. The molecule has 0 saturated carbocycles. The molecule has 1 saturated heterocycles. The molecule has 30 heavy (non-hydrogen) atoms. The van der Waals surface area contributed by atoms with Crippen LogP contribution in [0, 0.1) is 12.7 Å². The van der Waals surface area contributed by atoms with Crippen LogP contribution in [-0.2, 0) is 0 Å². The maximum atomic E-state index is 13.6. The molecule has 1 fully saturated rings. The van der Waals surface area contributed by atoms with Crippen LogP contribution in [0.5, 0.6) is 0 Å². The molecule has 0 radical (unpaired) electrons. The molecule has 1 aliphatic heterocycles. The van der Waals surface area contributed by atoms with Crippen molar-refractivity contribution in [3.05, 3.63) is 65.7 Å². The summed E-state index contributed by atoms with van der Waals surface area (Å²) in [4.78, 5) is 26.3.